The molecule has 326 valence electrons. The molecule has 11 rings (SSSR count). The smallest absolute Gasteiger partial charge is 0.196 e. The summed E-state index contributed by atoms with van der Waals surface area (Å²) < 4.78 is 7.87. The monoisotopic (exact) mass is 868 g/mol. The Kier molecular flexibility index (Phi) is 10.9. The maximum Gasteiger partial charge on any atom is 0.196 e. The number of piperazine rings is 1. The number of nitrogens with zero attached hydrogens (tertiary/aromatic N) is 8. The van der Waals surface area contributed by atoms with Crippen molar-refractivity contribution in [2.45, 2.75) is 70.8 Å². The molecule has 3 aromatic heterocycles. The second-order valence-corrected chi connectivity index (χ2v) is 19.5. The van der Waals surface area contributed by atoms with Crippen LogP contribution in [0.2, 0.25) is 0 Å². The lowest BCUT2D eigenvalue weighted by atomic mass is 9.69. The molecule has 0 radical (unpaired) electrons. The van der Waals surface area contributed by atoms with Crippen molar-refractivity contribution < 1.29 is 9.52 Å². The fourth-order valence-electron chi connectivity index (χ4n) is 11.0. The zero-order valence-electron chi connectivity index (χ0n) is 37.0. The average molecular weight is 869 g/mol. The van der Waals surface area contributed by atoms with E-state index in [9.17, 15) is 5.11 Å². The number of aromatic nitrogens is 4. The first-order valence-electron chi connectivity index (χ1n) is 23.1. The van der Waals surface area contributed by atoms with Gasteiger partial charge in [-0.1, -0.05) is 60.7 Å². The molecule has 4 aromatic carbocycles. The summed E-state index contributed by atoms with van der Waals surface area (Å²) in [6, 6.07) is 35.2. The van der Waals surface area contributed by atoms with Gasteiger partial charge in [0, 0.05) is 79.1 Å². The summed E-state index contributed by atoms with van der Waals surface area (Å²) in [4.78, 5) is 19.0. The molecule has 1 aliphatic carbocycles. The summed E-state index contributed by atoms with van der Waals surface area (Å²) in [5.74, 6) is 4.10. The van der Waals surface area contributed by atoms with E-state index < -0.39 is 0 Å². The number of piperidine rings is 1. The van der Waals surface area contributed by atoms with Crippen molar-refractivity contribution in [3.63, 3.8) is 0 Å². The number of phenolic OH excluding ortho intramolecular Hbond substituents is 1. The Hall–Kier alpha value is -6.04. The van der Waals surface area contributed by atoms with Crippen LogP contribution >= 0.6 is 11.3 Å². The zero-order chi connectivity index (χ0) is 43.3. The van der Waals surface area contributed by atoms with Gasteiger partial charge in [-0.25, -0.2) is 4.98 Å². The minimum Gasteiger partial charge on any atom is -0.508 e. The average Bonchev–Trinajstić information content (AvgIpc) is 4.04. The van der Waals surface area contributed by atoms with Gasteiger partial charge in [0.25, 0.3) is 0 Å². The maximum atomic E-state index is 10.3. The minimum absolute atomic E-state index is 0.274. The molecule has 1 N–H and O–H groups in total. The summed E-state index contributed by atoms with van der Waals surface area (Å²) >= 11 is 1.78. The number of hydrogen-bond donors (Lipinski definition) is 1. The van der Waals surface area contributed by atoms with E-state index in [0.717, 1.165) is 91.5 Å². The lowest BCUT2D eigenvalue weighted by Gasteiger charge is -2.40. The quantitative estimate of drug-likeness (QED) is 0.153. The molecular weight excluding hydrogens is 813 g/mol. The number of aromatic hydroxyl groups is 1. The fraction of sp³-hybridized carbons (Fsp3) is 0.358. The lowest BCUT2D eigenvalue weighted by molar-refractivity contribution is 0.201. The van der Waals surface area contributed by atoms with Crippen molar-refractivity contribution in [1.29, 1.82) is 0 Å². The van der Waals surface area contributed by atoms with Crippen LogP contribution in [0.15, 0.2) is 119 Å². The fourth-order valence-corrected chi connectivity index (χ4v) is 12.2. The highest BCUT2D eigenvalue weighted by Crippen LogP contribution is 2.47. The standard InChI is InChI=1S/C53H56N8O2S/c1-34-35(2)64-53-49(34)51(55-47(32-48-54-23-30-63-48)52-57-56-36(3)61(52)53)40-11-16-43(17-12-40)60-28-26-58(27-29-60)33-37-21-24-59(25-22-37)42-14-9-39(10-15-42)50-45(38-7-5-4-6-8-38)19-13-41-31-44(62)18-20-46(41)50/h4-12,14-18,20,23,30-31,37,45,47,50,62H,13,19,21-22,24-29,32-33H2,1-3H3/t45?,47-,50-/m0/s1. The molecule has 3 atom stereocenters. The molecule has 10 nitrogen and oxygen atoms in total. The molecule has 6 heterocycles. The molecule has 0 amide bonds. The van der Waals surface area contributed by atoms with E-state index in [1.165, 1.54) is 63.5 Å². The number of benzene rings is 4. The van der Waals surface area contributed by atoms with Crippen LogP contribution < -0.4 is 9.80 Å². The predicted octanol–water partition coefficient (Wildman–Crippen LogP) is 9.98. The third-order valence-electron chi connectivity index (χ3n) is 14.5. The van der Waals surface area contributed by atoms with E-state index in [4.69, 9.17) is 9.41 Å². The highest BCUT2D eigenvalue weighted by Gasteiger charge is 2.34. The summed E-state index contributed by atoms with van der Waals surface area (Å²) in [6.45, 7) is 14.0. The summed E-state index contributed by atoms with van der Waals surface area (Å²) in [6.07, 6.45) is 8.34. The second kappa shape index (κ2) is 17.2. The van der Waals surface area contributed by atoms with Gasteiger partial charge in [0.1, 0.15) is 28.9 Å². The highest BCUT2D eigenvalue weighted by molar-refractivity contribution is 7.15. The number of anilines is 2. The first-order valence-corrected chi connectivity index (χ1v) is 23.9. The molecule has 11 heteroatoms. The third kappa shape index (κ3) is 7.72. The van der Waals surface area contributed by atoms with Crippen molar-refractivity contribution in [3.05, 3.63) is 171 Å². The molecular formula is C53H56N8O2S. The van der Waals surface area contributed by atoms with Crippen molar-refractivity contribution in [2.75, 3.05) is 55.6 Å². The van der Waals surface area contributed by atoms with Crippen molar-refractivity contribution >= 4 is 28.4 Å². The normalized spacial score (nSPS) is 20.4. The first-order chi connectivity index (χ1) is 31.3. The van der Waals surface area contributed by atoms with Gasteiger partial charge >= 0.3 is 0 Å². The Morgan fingerprint density at radius 3 is 2.23 bits per heavy atom. The molecule has 2 saturated heterocycles. The number of oxazole rings is 1. The van der Waals surface area contributed by atoms with Gasteiger partial charge in [0.2, 0.25) is 0 Å². The second-order valence-electron chi connectivity index (χ2n) is 18.3. The van der Waals surface area contributed by atoms with Crippen LogP contribution in [0.1, 0.15) is 98.5 Å². The molecule has 0 saturated carbocycles. The largest absolute Gasteiger partial charge is 0.508 e. The number of phenols is 1. The molecule has 1 unspecified atom stereocenters. The summed E-state index contributed by atoms with van der Waals surface area (Å²) in [5.41, 5.74) is 12.5. The van der Waals surface area contributed by atoms with Crippen LogP contribution in [0.3, 0.4) is 0 Å². The van der Waals surface area contributed by atoms with Crippen LogP contribution in [0, 0.1) is 26.7 Å². The third-order valence-corrected chi connectivity index (χ3v) is 15.7. The summed E-state index contributed by atoms with van der Waals surface area (Å²) in [5, 5.41) is 20.5. The van der Waals surface area contributed by atoms with E-state index in [0.29, 0.717) is 24.0 Å². The van der Waals surface area contributed by atoms with Gasteiger partial charge in [0.05, 0.1) is 18.3 Å². The van der Waals surface area contributed by atoms with Crippen LogP contribution in [-0.2, 0) is 12.8 Å². The molecule has 0 bridgehead atoms. The maximum absolute atomic E-state index is 10.3. The Bertz CT molecular complexity index is 2760. The van der Waals surface area contributed by atoms with Crippen LogP contribution in [-0.4, -0.2) is 81.3 Å². The van der Waals surface area contributed by atoms with E-state index >= 15 is 0 Å². The Morgan fingerprint density at radius 2 is 1.50 bits per heavy atom. The van der Waals surface area contributed by atoms with E-state index in [2.05, 4.69) is 133 Å². The number of thiophene rings is 1. The first kappa shape index (κ1) is 40.7. The van der Waals surface area contributed by atoms with Crippen LogP contribution in [0.25, 0.3) is 5.00 Å². The van der Waals surface area contributed by atoms with Gasteiger partial charge in [-0.3, -0.25) is 14.5 Å². The van der Waals surface area contributed by atoms with Gasteiger partial charge in [0.15, 0.2) is 11.7 Å². The van der Waals surface area contributed by atoms with Gasteiger partial charge in [-0.2, -0.15) is 0 Å². The van der Waals surface area contributed by atoms with Crippen LogP contribution in [0.5, 0.6) is 5.75 Å². The Labute approximate surface area is 379 Å². The summed E-state index contributed by atoms with van der Waals surface area (Å²) in [7, 11) is 0. The number of fused-ring (bicyclic) bond motifs is 4. The number of aryl methyl sites for hydroxylation is 3. The van der Waals surface area contributed by atoms with Crippen LogP contribution in [0.4, 0.5) is 11.4 Å². The number of hydrogen-bond acceptors (Lipinski definition) is 10. The van der Waals surface area contributed by atoms with Crippen molar-refractivity contribution in [2.24, 2.45) is 10.9 Å². The number of rotatable bonds is 9. The molecule has 0 spiro atoms. The van der Waals surface area contributed by atoms with E-state index in [1.807, 2.05) is 19.1 Å². The Morgan fingerprint density at radius 1 is 0.766 bits per heavy atom. The molecule has 7 aromatic rings. The molecule has 64 heavy (non-hydrogen) atoms. The van der Waals surface area contributed by atoms with Crippen molar-refractivity contribution in [3.8, 4) is 10.8 Å². The predicted molar refractivity (Wildman–Crippen MR) is 256 cm³/mol. The SMILES string of the molecule is Cc1sc2c(c1C)C(c1ccc(N3CCN(CC4CCN(c5ccc([C@@H]6c7ccc(O)cc7CCC6c6ccccc6)cc5)CC4)CC3)cc1)=N[C@@H](Cc1ncco1)c1nnc(C)n1-2. The zero-order valence-corrected chi connectivity index (χ0v) is 37.8. The van der Waals surface area contributed by atoms with E-state index in [-0.39, 0.29) is 12.0 Å². The highest BCUT2D eigenvalue weighted by atomic mass is 32.1. The number of aliphatic imine (C=N–C) groups is 1. The topological polar surface area (TPSA) is 99.1 Å². The van der Waals surface area contributed by atoms with E-state index in [1.54, 1.807) is 23.8 Å². The minimum atomic E-state index is -0.280. The van der Waals surface area contributed by atoms with Gasteiger partial charge in [-0.05, 0) is 123 Å². The Balaban J connectivity index is 0.717. The molecule has 4 aliphatic rings. The van der Waals surface area contributed by atoms with Gasteiger partial charge in [-0.15, -0.1) is 21.5 Å². The lowest BCUT2D eigenvalue weighted by Crippen LogP contribution is -2.49. The molecule has 2 fully saturated rings. The van der Waals surface area contributed by atoms with Crippen molar-refractivity contribution in [1.82, 2.24) is 24.6 Å². The van der Waals surface area contributed by atoms with Gasteiger partial charge < -0.3 is 19.3 Å². The molecule has 3 aliphatic heterocycles.